The zero-order valence-corrected chi connectivity index (χ0v) is 11.2. The van der Waals surface area contributed by atoms with Crippen molar-refractivity contribution in [1.82, 2.24) is 5.32 Å². The van der Waals surface area contributed by atoms with Crippen molar-refractivity contribution in [3.63, 3.8) is 0 Å². The minimum atomic E-state index is -0.260. The lowest BCUT2D eigenvalue weighted by Crippen LogP contribution is -2.26. The van der Waals surface area contributed by atoms with Crippen LogP contribution in [-0.4, -0.2) is 29.2 Å². The normalized spacial score (nSPS) is 14.9. The molecule has 0 radical (unpaired) electrons. The van der Waals surface area contributed by atoms with Crippen molar-refractivity contribution >= 4 is 29.2 Å². The molecule has 0 aliphatic rings. The molecule has 0 aromatic rings. The fourth-order valence-corrected chi connectivity index (χ4v) is 0.833. The van der Waals surface area contributed by atoms with E-state index in [1.807, 2.05) is 34.6 Å². The van der Waals surface area contributed by atoms with Crippen LogP contribution in [0.2, 0.25) is 0 Å². The number of rotatable bonds is 2. The third-order valence-electron chi connectivity index (χ3n) is 1.22. The molecule has 0 aliphatic heterocycles. The van der Waals surface area contributed by atoms with Gasteiger partial charge in [0.1, 0.15) is 0 Å². The average Bonchev–Trinajstić information content (AvgIpc) is 1.98. The molecule has 0 amide bonds. The second-order valence-corrected chi connectivity index (χ2v) is 4.94. The highest BCUT2D eigenvalue weighted by Crippen LogP contribution is 2.06. The second kappa shape index (κ2) is 6.48. The monoisotopic (exact) mass is 245 g/mol. The molecule has 0 unspecified atom stereocenters. The number of hydrogen-bond donors (Lipinski definition) is 2. The topological polar surface area (TPSA) is 75.1 Å². The molecule has 0 heterocycles. The van der Waals surface area contributed by atoms with Gasteiger partial charge in [0.2, 0.25) is 5.96 Å². The van der Waals surface area contributed by atoms with Crippen molar-refractivity contribution in [2.24, 2.45) is 20.7 Å². The largest absolute Gasteiger partial charge is 0.374 e. The van der Waals surface area contributed by atoms with Crippen LogP contribution in [-0.2, 0) is 0 Å². The van der Waals surface area contributed by atoms with Gasteiger partial charge in [0.05, 0.1) is 11.9 Å². The Morgan fingerprint density at radius 2 is 1.94 bits per heavy atom. The first-order chi connectivity index (χ1) is 7.20. The Labute approximate surface area is 102 Å². The van der Waals surface area contributed by atoms with E-state index in [1.54, 1.807) is 6.34 Å². The van der Waals surface area contributed by atoms with Crippen LogP contribution in [0.1, 0.15) is 34.6 Å². The van der Waals surface area contributed by atoms with Crippen LogP contribution in [0.5, 0.6) is 0 Å². The molecule has 0 aromatic heterocycles. The van der Waals surface area contributed by atoms with E-state index in [-0.39, 0.29) is 16.9 Å². The molecule has 5 nitrogen and oxygen atoms in total. The summed E-state index contributed by atoms with van der Waals surface area (Å²) < 4.78 is 0. The van der Waals surface area contributed by atoms with Crippen LogP contribution in [0.3, 0.4) is 0 Å². The molecule has 92 valence electrons. The van der Waals surface area contributed by atoms with E-state index in [2.05, 4.69) is 20.3 Å². The SMILES string of the molecule is CC(C)N=CNC(N=C(N)Cl)=NC(C)(C)C. The van der Waals surface area contributed by atoms with Crippen molar-refractivity contribution in [2.45, 2.75) is 46.2 Å². The first kappa shape index (κ1) is 14.9. The van der Waals surface area contributed by atoms with Gasteiger partial charge in [0, 0.05) is 6.04 Å². The van der Waals surface area contributed by atoms with Crippen molar-refractivity contribution in [3.8, 4) is 0 Å². The minimum Gasteiger partial charge on any atom is -0.374 e. The highest BCUT2D eigenvalue weighted by atomic mass is 35.5. The second-order valence-electron chi connectivity index (χ2n) is 4.56. The molecule has 0 atom stereocenters. The molecule has 6 heteroatoms. The molecule has 16 heavy (non-hydrogen) atoms. The Balaban J connectivity index is 4.71. The molecule has 0 saturated heterocycles. The van der Waals surface area contributed by atoms with E-state index in [0.717, 1.165) is 0 Å². The summed E-state index contributed by atoms with van der Waals surface area (Å²) in [4.78, 5) is 12.3. The lowest BCUT2D eigenvalue weighted by atomic mass is 10.1. The Morgan fingerprint density at radius 3 is 2.31 bits per heavy atom. The first-order valence-corrected chi connectivity index (χ1v) is 5.46. The minimum absolute atomic E-state index is 0.0616. The van der Waals surface area contributed by atoms with E-state index in [4.69, 9.17) is 17.3 Å². The van der Waals surface area contributed by atoms with E-state index in [1.165, 1.54) is 0 Å². The first-order valence-electron chi connectivity index (χ1n) is 5.08. The zero-order valence-electron chi connectivity index (χ0n) is 10.5. The molecule has 0 saturated carbocycles. The van der Waals surface area contributed by atoms with Gasteiger partial charge in [-0.25, -0.2) is 4.99 Å². The Bertz CT molecular complexity index is 295. The molecule has 0 rings (SSSR count). The molecular formula is C10H20ClN5. The van der Waals surface area contributed by atoms with E-state index < -0.39 is 0 Å². The van der Waals surface area contributed by atoms with Crippen molar-refractivity contribution in [2.75, 3.05) is 0 Å². The average molecular weight is 246 g/mol. The van der Waals surface area contributed by atoms with Gasteiger partial charge in [-0.15, -0.1) is 0 Å². The van der Waals surface area contributed by atoms with Crippen LogP contribution in [0, 0.1) is 0 Å². The number of guanidine groups is 1. The fraction of sp³-hybridized carbons (Fsp3) is 0.700. The Kier molecular flexibility index (Phi) is 6.03. The zero-order chi connectivity index (χ0) is 12.8. The number of nitrogens with two attached hydrogens (primary N) is 1. The molecular weight excluding hydrogens is 226 g/mol. The molecule has 0 spiro atoms. The van der Waals surface area contributed by atoms with Gasteiger partial charge in [0.15, 0.2) is 5.29 Å². The predicted octanol–water partition coefficient (Wildman–Crippen LogP) is 1.72. The van der Waals surface area contributed by atoms with Crippen LogP contribution < -0.4 is 11.1 Å². The predicted molar refractivity (Wildman–Crippen MR) is 71.4 cm³/mol. The lowest BCUT2D eigenvalue weighted by molar-refractivity contribution is 0.581. The Hall–Kier alpha value is -1.10. The van der Waals surface area contributed by atoms with Crippen LogP contribution in [0.25, 0.3) is 0 Å². The van der Waals surface area contributed by atoms with Crippen molar-refractivity contribution in [3.05, 3.63) is 0 Å². The summed E-state index contributed by atoms with van der Waals surface area (Å²) >= 11 is 5.51. The van der Waals surface area contributed by atoms with Crippen LogP contribution >= 0.6 is 11.6 Å². The molecule has 0 bridgehead atoms. The molecule has 0 aromatic carbocycles. The maximum atomic E-state index is 5.51. The molecule has 0 aliphatic carbocycles. The number of hydrogen-bond acceptors (Lipinski definition) is 2. The number of aliphatic imine (C=N–C) groups is 3. The number of amidine groups is 1. The maximum Gasteiger partial charge on any atom is 0.226 e. The van der Waals surface area contributed by atoms with Crippen LogP contribution in [0.15, 0.2) is 15.0 Å². The third kappa shape index (κ3) is 9.45. The summed E-state index contributed by atoms with van der Waals surface area (Å²) in [6, 6.07) is 0.209. The van der Waals surface area contributed by atoms with Crippen molar-refractivity contribution in [1.29, 1.82) is 0 Å². The van der Waals surface area contributed by atoms with E-state index in [9.17, 15) is 0 Å². The molecule has 3 N–H and O–H groups in total. The lowest BCUT2D eigenvalue weighted by Gasteiger charge is -2.13. The van der Waals surface area contributed by atoms with Gasteiger partial charge in [-0.1, -0.05) is 0 Å². The summed E-state index contributed by atoms with van der Waals surface area (Å²) in [6.07, 6.45) is 1.54. The van der Waals surface area contributed by atoms with E-state index >= 15 is 0 Å². The highest BCUT2D eigenvalue weighted by Gasteiger charge is 2.09. The highest BCUT2D eigenvalue weighted by molar-refractivity contribution is 6.65. The van der Waals surface area contributed by atoms with Gasteiger partial charge < -0.3 is 11.1 Å². The third-order valence-corrected chi connectivity index (χ3v) is 1.30. The van der Waals surface area contributed by atoms with Crippen LogP contribution in [0.4, 0.5) is 0 Å². The summed E-state index contributed by atoms with van der Waals surface area (Å²) in [5.41, 5.74) is 5.03. The van der Waals surface area contributed by atoms with Gasteiger partial charge in [-0.2, -0.15) is 4.99 Å². The summed E-state index contributed by atoms with van der Waals surface area (Å²) in [5.74, 6) is 0.351. The van der Waals surface area contributed by atoms with Gasteiger partial charge in [0.25, 0.3) is 0 Å². The fourth-order valence-electron chi connectivity index (χ4n) is 0.752. The number of nitrogens with one attached hydrogen (secondary N) is 1. The van der Waals surface area contributed by atoms with Crippen molar-refractivity contribution < 1.29 is 0 Å². The number of nitrogens with zero attached hydrogens (tertiary/aromatic N) is 3. The van der Waals surface area contributed by atoms with Gasteiger partial charge in [-0.05, 0) is 46.2 Å². The molecule has 0 fully saturated rings. The van der Waals surface area contributed by atoms with Gasteiger partial charge in [-0.3, -0.25) is 4.99 Å². The summed E-state index contributed by atoms with van der Waals surface area (Å²) in [5, 5.41) is 2.78. The summed E-state index contributed by atoms with van der Waals surface area (Å²) in [7, 11) is 0. The Morgan fingerprint density at radius 1 is 1.38 bits per heavy atom. The van der Waals surface area contributed by atoms with Gasteiger partial charge >= 0.3 is 0 Å². The standard InChI is InChI=1S/C10H20ClN5/c1-7(2)13-6-14-9(15-8(11)12)16-10(3,4)5/h6-7H,1-5H3,(H3,12,13,14,15,16). The summed E-state index contributed by atoms with van der Waals surface area (Å²) in [6.45, 7) is 9.80. The quantitative estimate of drug-likeness (QED) is 0.442. The maximum absolute atomic E-state index is 5.51. The smallest absolute Gasteiger partial charge is 0.226 e. The number of halogens is 1. The van der Waals surface area contributed by atoms with E-state index in [0.29, 0.717) is 5.96 Å².